The maximum absolute atomic E-state index is 3.98. The second-order valence-electron chi connectivity index (χ2n) is 7.68. The molecule has 3 heteroatoms. The Labute approximate surface area is 126 Å². The summed E-state index contributed by atoms with van der Waals surface area (Å²) in [5.74, 6) is 0.806. The second-order valence-corrected chi connectivity index (χ2v) is 7.68. The molecule has 0 aromatic heterocycles. The average Bonchev–Trinajstić information content (AvgIpc) is 2.86. The fourth-order valence-electron chi connectivity index (χ4n) is 3.91. The minimum Gasteiger partial charge on any atom is -0.309 e. The van der Waals surface area contributed by atoms with E-state index in [0.29, 0.717) is 0 Å². The lowest BCUT2D eigenvalue weighted by molar-refractivity contribution is 0.125. The number of piperidine rings is 1. The van der Waals surface area contributed by atoms with Gasteiger partial charge in [-0.25, -0.2) is 0 Å². The topological polar surface area (TPSA) is 18.5 Å². The van der Waals surface area contributed by atoms with Gasteiger partial charge in [-0.1, -0.05) is 6.92 Å². The van der Waals surface area contributed by atoms with Gasteiger partial charge in [0.2, 0.25) is 0 Å². The highest BCUT2D eigenvalue weighted by molar-refractivity contribution is 4.94. The minimum atomic E-state index is 0.286. The van der Waals surface area contributed by atoms with Crippen LogP contribution in [-0.4, -0.2) is 60.6 Å². The van der Waals surface area contributed by atoms with Crippen molar-refractivity contribution in [2.75, 3.05) is 33.2 Å². The van der Waals surface area contributed by atoms with Crippen LogP contribution in [-0.2, 0) is 0 Å². The molecule has 0 saturated carbocycles. The highest BCUT2D eigenvalue weighted by Gasteiger charge is 2.36. The van der Waals surface area contributed by atoms with Gasteiger partial charge in [-0.15, -0.1) is 0 Å². The second kappa shape index (κ2) is 6.76. The van der Waals surface area contributed by atoms with Gasteiger partial charge in [-0.05, 0) is 79.1 Å². The van der Waals surface area contributed by atoms with Crippen LogP contribution in [0.25, 0.3) is 0 Å². The van der Waals surface area contributed by atoms with Gasteiger partial charge in [0.05, 0.1) is 0 Å². The molecule has 2 atom stereocenters. The molecule has 0 radical (unpaired) electrons. The summed E-state index contributed by atoms with van der Waals surface area (Å²) >= 11 is 0. The fraction of sp³-hybridized carbons (Fsp3) is 1.00. The lowest BCUT2D eigenvalue weighted by Crippen LogP contribution is -2.55. The van der Waals surface area contributed by atoms with E-state index < -0.39 is 0 Å². The highest BCUT2D eigenvalue weighted by Crippen LogP contribution is 2.28. The smallest absolute Gasteiger partial charge is 0.0168 e. The van der Waals surface area contributed by atoms with Gasteiger partial charge in [-0.2, -0.15) is 0 Å². The van der Waals surface area contributed by atoms with Crippen molar-refractivity contribution in [2.24, 2.45) is 5.92 Å². The van der Waals surface area contributed by atoms with Gasteiger partial charge in [0.25, 0.3) is 0 Å². The first-order chi connectivity index (χ1) is 9.42. The van der Waals surface area contributed by atoms with Gasteiger partial charge in [0.1, 0.15) is 0 Å². The van der Waals surface area contributed by atoms with Crippen LogP contribution in [0.4, 0.5) is 0 Å². The van der Waals surface area contributed by atoms with Crippen LogP contribution < -0.4 is 5.32 Å². The average molecular weight is 281 g/mol. The summed E-state index contributed by atoms with van der Waals surface area (Å²) in [6, 6.07) is 1.48. The Morgan fingerprint density at radius 3 is 2.30 bits per heavy atom. The summed E-state index contributed by atoms with van der Waals surface area (Å²) in [6.07, 6.45) is 5.26. The molecule has 1 N–H and O–H groups in total. The quantitative estimate of drug-likeness (QED) is 0.835. The van der Waals surface area contributed by atoms with Crippen molar-refractivity contribution in [3.63, 3.8) is 0 Å². The van der Waals surface area contributed by atoms with Gasteiger partial charge in [-0.3, -0.25) is 0 Å². The maximum atomic E-state index is 3.98. The molecule has 2 heterocycles. The van der Waals surface area contributed by atoms with Crippen molar-refractivity contribution in [2.45, 2.75) is 71.0 Å². The molecule has 20 heavy (non-hydrogen) atoms. The van der Waals surface area contributed by atoms with E-state index in [1.807, 2.05) is 0 Å². The molecule has 0 aliphatic carbocycles. The third-order valence-corrected chi connectivity index (χ3v) is 5.73. The number of hydrogen-bond acceptors (Lipinski definition) is 3. The van der Waals surface area contributed by atoms with E-state index in [-0.39, 0.29) is 5.54 Å². The molecule has 0 aromatic rings. The zero-order valence-corrected chi connectivity index (χ0v) is 14.3. The number of nitrogens with one attached hydrogen (secondary N) is 1. The molecular formula is C17H35N3. The van der Waals surface area contributed by atoms with E-state index in [4.69, 9.17) is 0 Å². The third-order valence-electron chi connectivity index (χ3n) is 5.73. The summed E-state index contributed by atoms with van der Waals surface area (Å²) in [5, 5.41) is 3.98. The summed E-state index contributed by atoms with van der Waals surface area (Å²) in [6.45, 7) is 14.6. The lowest BCUT2D eigenvalue weighted by atomic mass is 9.85. The predicted octanol–water partition coefficient (Wildman–Crippen LogP) is 2.57. The summed E-state index contributed by atoms with van der Waals surface area (Å²) < 4.78 is 0. The first-order valence-electron chi connectivity index (χ1n) is 8.62. The highest BCUT2D eigenvalue weighted by atomic mass is 15.2. The zero-order chi connectivity index (χ0) is 14.8. The zero-order valence-electron chi connectivity index (χ0n) is 14.3. The van der Waals surface area contributed by atoms with Crippen LogP contribution in [0.15, 0.2) is 0 Å². The van der Waals surface area contributed by atoms with Crippen LogP contribution in [0.1, 0.15) is 53.4 Å². The number of rotatable bonds is 5. The number of hydrogen-bond donors (Lipinski definition) is 1. The predicted molar refractivity (Wildman–Crippen MR) is 87.2 cm³/mol. The molecule has 0 aromatic carbocycles. The third kappa shape index (κ3) is 3.96. The molecule has 2 rings (SSSR count). The number of nitrogens with zero attached hydrogens (tertiary/aromatic N) is 2. The van der Waals surface area contributed by atoms with Crippen molar-refractivity contribution in [1.82, 2.24) is 15.1 Å². The first kappa shape index (κ1) is 16.3. The Morgan fingerprint density at radius 2 is 1.80 bits per heavy atom. The van der Waals surface area contributed by atoms with Gasteiger partial charge in [0.15, 0.2) is 0 Å². The van der Waals surface area contributed by atoms with Crippen molar-refractivity contribution < 1.29 is 0 Å². The molecule has 2 aliphatic heterocycles. The van der Waals surface area contributed by atoms with Crippen molar-refractivity contribution >= 4 is 0 Å². The summed E-state index contributed by atoms with van der Waals surface area (Å²) in [4.78, 5) is 5.13. The molecule has 0 spiro atoms. The largest absolute Gasteiger partial charge is 0.309 e. The van der Waals surface area contributed by atoms with Gasteiger partial charge >= 0.3 is 0 Å². The molecule has 2 aliphatic rings. The van der Waals surface area contributed by atoms with Gasteiger partial charge < -0.3 is 15.1 Å². The van der Waals surface area contributed by atoms with Crippen molar-refractivity contribution in [1.29, 1.82) is 0 Å². The van der Waals surface area contributed by atoms with Crippen molar-refractivity contribution in [3.8, 4) is 0 Å². The summed E-state index contributed by atoms with van der Waals surface area (Å²) in [7, 11) is 2.25. The number of likely N-dealkylation sites (tertiary alicyclic amines) is 2. The van der Waals surface area contributed by atoms with E-state index in [2.05, 4.69) is 49.9 Å². The Balaban J connectivity index is 1.79. The van der Waals surface area contributed by atoms with Crippen LogP contribution in [0.3, 0.4) is 0 Å². The van der Waals surface area contributed by atoms with E-state index in [0.717, 1.165) is 18.0 Å². The normalized spacial score (nSPS) is 28.9. The maximum Gasteiger partial charge on any atom is 0.0168 e. The molecule has 0 bridgehead atoms. The standard InChI is InChI=1S/C17H35N3/c1-6-14(2)20-11-8-16(9-12-20)18-17(3,4)15-7-10-19(5)13-15/h14-16,18H,6-13H2,1-5H3. The molecular weight excluding hydrogens is 246 g/mol. The van der Waals surface area contributed by atoms with Crippen LogP contribution in [0, 0.1) is 5.92 Å². The van der Waals surface area contributed by atoms with Crippen LogP contribution >= 0.6 is 0 Å². The van der Waals surface area contributed by atoms with E-state index in [1.165, 1.54) is 51.9 Å². The van der Waals surface area contributed by atoms with Crippen molar-refractivity contribution in [3.05, 3.63) is 0 Å². The Kier molecular flexibility index (Phi) is 5.49. The minimum absolute atomic E-state index is 0.286. The molecule has 3 nitrogen and oxygen atoms in total. The molecule has 0 amide bonds. The molecule has 118 valence electrons. The van der Waals surface area contributed by atoms with E-state index >= 15 is 0 Å². The fourth-order valence-corrected chi connectivity index (χ4v) is 3.91. The Morgan fingerprint density at radius 1 is 1.15 bits per heavy atom. The van der Waals surface area contributed by atoms with E-state index in [9.17, 15) is 0 Å². The molecule has 2 fully saturated rings. The van der Waals surface area contributed by atoms with Crippen LogP contribution in [0.5, 0.6) is 0 Å². The Bertz CT molecular complexity index is 295. The van der Waals surface area contributed by atoms with Crippen LogP contribution in [0.2, 0.25) is 0 Å². The SMILES string of the molecule is CCC(C)N1CCC(NC(C)(C)C2CCN(C)C2)CC1. The Hall–Kier alpha value is -0.120. The molecule has 2 unspecified atom stereocenters. The van der Waals surface area contributed by atoms with E-state index in [1.54, 1.807) is 0 Å². The van der Waals surface area contributed by atoms with Gasteiger partial charge in [0, 0.05) is 24.2 Å². The molecule has 2 saturated heterocycles. The first-order valence-corrected chi connectivity index (χ1v) is 8.62. The monoisotopic (exact) mass is 281 g/mol. The lowest BCUT2D eigenvalue weighted by Gasteiger charge is -2.41. The summed E-state index contributed by atoms with van der Waals surface area (Å²) in [5.41, 5.74) is 0.286.